The third-order valence-electron chi connectivity index (χ3n) is 4.39. The van der Waals surface area contributed by atoms with E-state index in [4.69, 9.17) is 25.9 Å². The van der Waals surface area contributed by atoms with Gasteiger partial charge in [0.25, 0.3) is 0 Å². The number of rotatable bonds is 3. The van der Waals surface area contributed by atoms with Crippen LogP contribution in [0.4, 0.5) is 0 Å². The molecule has 124 valence electrons. The minimum absolute atomic E-state index is 0.0253. The van der Waals surface area contributed by atoms with Gasteiger partial charge in [-0.3, -0.25) is 0 Å². The topological polar surface area (TPSA) is 68.2 Å². The molecule has 0 atom stereocenters. The van der Waals surface area contributed by atoms with Crippen LogP contribution < -0.4 is 4.74 Å². The van der Waals surface area contributed by atoms with Gasteiger partial charge in [0.2, 0.25) is 0 Å². The first kappa shape index (κ1) is 16.1. The lowest BCUT2D eigenvalue weighted by Gasteiger charge is -2.36. The summed E-state index contributed by atoms with van der Waals surface area (Å²) < 4.78 is 10.7. The fourth-order valence-corrected chi connectivity index (χ4v) is 3.23. The lowest BCUT2D eigenvalue weighted by Crippen LogP contribution is -2.45. The van der Waals surface area contributed by atoms with Gasteiger partial charge in [-0.2, -0.15) is 5.06 Å². The summed E-state index contributed by atoms with van der Waals surface area (Å²) in [6.07, 6.45) is 0.958. The monoisotopic (exact) mass is 339 g/mol. The molecule has 1 N–H and O–H groups in total. The fraction of sp³-hybridized carbons (Fsp3) is 0.438. The summed E-state index contributed by atoms with van der Waals surface area (Å²) in [4.78, 5) is 17.5. The van der Waals surface area contributed by atoms with Crippen molar-refractivity contribution < 1.29 is 24.2 Å². The molecule has 0 radical (unpaired) electrons. The first-order valence-corrected chi connectivity index (χ1v) is 7.68. The van der Waals surface area contributed by atoms with Crippen LogP contribution in [0.5, 0.6) is 5.75 Å². The molecule has 0 saturated carbocycles. The number of ether oxygens (including phenoxy) is 2. The van der Waals surface area contributed by atoms with E-state index < -0.39 is 11.6 Å². The molecule has 1 saturated heterocycles. The molecule has 0 unspecified atom stereocenters. The average molecular weight is 340 g/mol. The lowest BCUT2D eigenvalue weighted by molar-refractivity contribution is -0.182. The van der Waals surface area contributed by atoms with Gasteiger partial charge in [0.05, 0.1) is 19.2 Å². The van der Waals surface area contributed by atoms with Crippen LogP contribution in [0.2, 0.25) is 5.02 Å². The second-order valence-electron chi connectivity index (χ2n) is 5.57. The van der Waals surface area contributed by atoms with Gasteiger partial charge in [0, 0.05) is 25.9 Å². The van der Waals surface area contributed by atoms with E-state index >= 15 is 0 Å². The summed E-state index contributed by atoms with van der Waals surface area (Å²) in [7, 11) is 3.09. The molecule has 1 aromatic rings. The molecule has 23 heavy (non-hydrogen) atoms. The van der Waals surface area contributed by atoms with Crippen LogP contribution in [0, 0.1) is 0 Å². The molecule has 1 spiro atoms. The molecule has 0 amide bonds. The first-order chi connectivity index (χ1) is 11.0. The Morgan fingerprint density at radius 2 is 2.00 bits per heavy atom. The SMILES string of the molecule is COc1cc(C2=C(O)C3(CCN(OC)CC3)OC2=O)ccc1Cl. The zero-order valence-electron chi connectivity index (χ0n) is 13.0. The van der Waals surface area contributed by atoms with Crippen LogP contribution in [0.15, 0.2) is 24.0 Å². The maximum Gasteiger partial charge on any atom is 0.343 e. The number of aliphatic hydroxyl groups excluding tert-OH is 1. The van der Waals surface area contributed by atoms with Crippen LogP contribution in [0.3, 0.4) is 0 Å². The van der Waals surface area contributed by atoms with Gasteiger partial charge in [-0.05, 0) is 17.7 Å². The number of piperidine rings is 1. The van der Waals surface area contributed by atoms with E-state index in [2.05, 4.69) is 0 Å². The maximum atomic E-state index is 12.3. The van der Waals surface area contributed by atoms with Gasteiger partial charge in [0.1, 0.15) is 11.3 Å². The number of methoxy groups -OCH3 is 1. The summed E-state index contributed by atoms with van der Waals surface area (Å²) >= 11 is 6.01. The Kier molecular flexibility index (Phi) is 4.23. The third-order valence-corrected chi connectivity index (χ3v) is 4.70. The Hall–Kier alpha value is -1.76. The van der Waals surface area contributed by atoms with E-state index in [1.165, 1.54) is 7.11 Å². The summed E-state index contributed by atoms with van der Waals surface area (Å²) in [5, 5.41) is 12.9. The molecule has 1 fully saturated rings. The number of hydrogen-bond donors (Lipinski definition) is 1. The maximum absolute atomic E-state index is 12.3. The van der Waals surface area contributed by atoms with Gasteiger partial charge in [-0.25, -0.2) is 4.79 Å². The molecule has 1 aromatic carbocycles. The molecule has 2 aliphatic rings. The molecule has 0 aromatic heterocycles. The molecular formula is C16H18ClNO5. The molecule has 0 bridgehead atoms. The number of hydrogen-bond acceptors (Lipinski definition) is 6. The highest BCUT2D eigenvalue weighted by molar-refractivity contribution is 6.32. The van der Waals surface area contributed by atoms with Gasteiger partial charge < -0.3 is 19.4 Å². The molecule has 6 nitrogen and oxygen atoms in total. The van der Waals surface area contributed by atoms with E-state index in [1.807, 2.05) is 0 Å². The minimum Gasteiger partial charge on any atom is -0.507 e. The second kappa shape index (κ2) is 6.03. The zero-order valence-corrected chi connectivity index (χ0v) is 13.7. The number of carbonyl (C=O) groups is 1. The largest absolute Gasteiger partial charge is 0.507 e. The van der Waals surface area contributed by atoms with Crippen molar-refractivity contribution in [3.63, 3.8) is 0 Å². The Bertz CT molecular complexity index is 664. The number of nitrogens with zero attached hydrogens (tertiary/aromatic N) is 1. The van der Waals surface area contributed by atoms with Crippen LogP contribution in [0.25, 0.3) is 5.57 Å². The van der Waals surface area contributed by atoms with Crippen LogP contribution in [-0.4, -0.2) is 49.0 Å². The molecule has 2 aliphatic heterocycles. The smallest absolute Gasteiger partial charge is 0.343 e. The van der Waals surface area contributed by atoms with Crippen molar-refractivity contribution in [1.82, 2.24) is 5.06 Å². The van der Waals surface area contributed by atoms with Gasteiger partial charge in [0.15, 0.2) is 11.4 Å². The highest BCUT2D eigenvalue weighted by Gasteiger charge is 2.50. The van der Waals surface area contributed by atoms with Crippen LogP contribution >= 0.6 is 11.6 Å². The highest BCUT2D eigenvalue weighted by Crippen LogP contribution is 2.43. The van der Waals surface area contributed by atoms with Crippen molar-refractivity contribution >= 4 is 23.1 Å². The molecular weight excluding hydrogens is 322 g/mol. The molecule has 3 rings (SSSR count). The zero-order chi connectivity index (χ0) is 16.6. The van der Waals surface area contributed by atoms with Crippen molar-refractivity contribution in [2.24, 2.45) is 0 Å². The van der Waals surface area contributed by atoms with Gasteiger partial charge in [-0.15, -0.1) is 0 Å². The van der Waals surface area contributed by atoms with E-state index in [-0.39, 0.29) is 11.3 Å². The Morgan fingerprint density at radius 3 is 2.61 bits per heavy atom. The average Bonchev–Trinajstić information content (AvgIpc) is 2.79. The van der Waals surface area contributed by atoms with Gasteiger partial charge in [-0.1, -0.05) is 17.7 Å². The number of hydroxylamine groups is 2. The molecule has 2 heterocycles. The quantitative estimate of drug-likeness (QED) is 0.854. The van der Waals surface area contributed by atoms with Crippen molar-refractivity contribution in [2.75, 3.05) is 27.3 Å². The number of aliphatic hydroxyl groups is 1. The van der Waals surface area contributed by atoms with Gasteiger partial charge >= 0.3 is 5.97 Å². The van der Waals surface area contributed by atoms with Crippen LogP contribution in [0.1, 0.15) is 18.4 Å². The van der Waals surface area contributed by atoms with Crippen LogP contribution in [-0.2, 0) is 14.4 Å². The summed E-state index contributed by atoms with van der Waals surface area (Å²) in [6.45, 7) is 1.15. The Balaban J connectivity index is 1.97. The normalized spacial score (nSPS) is 20.9. The third kappa shape index (κ3) is 2.67. The summed E-state index contributed by atoms with van der Waals surface area (Å²) in [5.74, 6) is -0.118. The fourth-order valence-electron chi connectivity index (χ4n) is 3.04. The van der Waals surface area contributed by atoms with E-state index in [9.17, 15) is 9.90 Å². The van der Waals surface area contributed by atoms with Crippen molar-refractivity contribution in [3.8, 4) is 5.75 Å². The predicted molar refractivity (Wildman–Crippen MR) is 84.2 cm³/mol. The lowest BCUT2D eigenvalue weighted by atomic mass is 9.88. The van der Waals surface area contributed by atoms with E-state index in [0.29, 0.717) is 42.3 Å². The van der Waals surface area contributed by atoms with Crippen molar-refractivity contribution in [3.05, 3.63) is 34.5 Å². The number of benzene rings is 1. The standard InChI is InChI=1S/C16H18ClNO5/c1-21-12-9-10(3-4-11(12)17)13-14(19)16(23-15(13)20)5-7-18(22-2)8-6-16/h3-4,9,19H,5-8H2,1-2H3. The highest BCUT2D eigenvalue weighted by atomic mass is 35.5. The number of carbonyl (C=O) groups excluding carboxylic acids is 1. The summed E-state index contributed by atoms with van der Waals surface area (Å²) in [6, 6.07) is 4.92. The van der Waals surface area contributed by atoms with E-state index in [0.717, 1.165) is 0 Å². The number of esters is 1. The Morgan fingerprint density at radius 1 is 1.30 bits per heavy atom. The first-order valence-electron chi connectivity index (χ1n) is 7.31. The van der Waals surface area contributed by atoms with Crippen molar-refractivity contribution in [1.29, 1.82) is 0 Å². The Labute approximate surface area is 139 Å². The minimum atomic E-state index is -0.964. The van der Waals surface area contributed by atoms with E-state index in [1.54, 1.807) is 30.4 Å². The molecule has 0 aliphatic carbocycles. The molecule has 7 heteroatoms. The summed E-state index contributed by atoms with van der Waals surface area (Å²) in [5.41, 5.74) is -0.264. The number of halogens is 1. The second-order valence-corrected chi connectivity index (χ2v) is 5.98. The predicted octanol–water partition coefficient (Wildman–Crippen LogP) is 2.57. The van der Waals surface area contributed by atoms with Crippen molar-refractivity contribution in [2.45, 2.75) is 18.4 Å².